The number of furan rings is 1. The summed E-state index contributed by atoms with van der Waals surface area (Å²) in [6.07, 6.45) is 1.12. The average Bonchev–Trinajstić information content (AvgIpc) is 3.09. The number of carbonyl (C=O) groups is 2. The molecule has 3 rings (SSSR count). The lowest BCUT2D eigenvalue weighted by Gasteiger charge is -2.12. The lowest BCUT2D eigenvalue weighted by Crippen LogP contribution is -2.31. The van der Waals surface area contributed by atoms with Gasteiger partial charge >= 0.3 is 5.97 Å². The van der Waals surface area contributed by atoms with Gasteiger partial charge in [-0.25, -0.2) is 13.2 Å². The fraction of sp³-hybridized carbons (Fsp3) is 0.238. The maximum absolute atomic E-state index is 12.2. The van der Waals surface area contributed by atoms with E-state index >= 15 is 0 Å². The zero-order chi connectivity index (χ0) is 21.0. The standard InChI is InChI=1S/C21H21NO6S/c1-14(19-11-16-7-3-4-9-18(16)28-19)22-20(23)12-27-21(24)17-8-5-6-15(10-17)13-29(2,25)26/h3-11,14H,12-13H2,1-2H3,(H,22,23)/t14-/m0/s1. The molecule has 1 amide bonds. The summed E-state index contributed by atoms with van der Waals surface area (Å²) in [6.45, 7) is 1.31. The number of hydrogen-bond acceptors (Lipinski definition) is 6. The maximum atomic E-state index is 12.2. The highest BCUT2D eigenvalue weighted by molar-refractivity contribution is 7.89. The SMILES string of the molecule is C[C@H](NC(=O)COC(=O)c1cccc(CS(C)(=O)=O)c1)c1cc2ccccc2o1. The highest BCUT2D eigenvalue weighted by Crippen LogP contribution is 2.23. The molecule has 1 N–H and O–H groups in total. The van der Waals surface area contributed by atoms with Crippen LogP contribution in [-0.4, -0.2) is 33.2 Å². The molecule has 3 aromatic rings. The lowest BCUT2D eigenvalue weighted by atomic mass is 10.1. The maximum Gasteiger partial charge on any atom is 0.338 e. The highest BCUT2D eigenvalue weighted by atomic mass is 32.2. The third-order valence-electron chi connectivity index (χ3n) is 4.17. The van der Waals surface area contributed by atoms with E-state index in [-0.39, 0.29) is 11.3 Å². The minimum absolute atomic E-state index is 0.177. The first-order valence-electron chi connectivity index (χ1n) is 8.93. The number of nitrogens with one attached hydrogen (secondary N) is 1. The van der Waals surface area contributed by atoms with Crippen molar-refractivity contribution in [2.24, 2.45) is 0 Å². The Morgan fingerprint density at radius 2 is 1.86 bits per heavy atom. The molecule has 0 bridgehead atoms. The number of rotatable bonds is 7. The molecular weight excluding hydrogens is 394 g/mol. The Labute approximate surface area is 168 Å². The summed E-state index contributed by atoms with van der Waals surface area (Å²) in [7, 11) is -3.22. The molecule has 0 saturated heterocycles. The summed E-state index contributed by atoms with van der Waals surface area (Å²) < 4.78 is 33.5. The molecule has 0 saturated carbocycles. The minimum atomic E-state index is -3.22. The Bertz CT molecular complexity index is 1120. The van der Waals surface area contributed by atoms with Gasteiger partial charge in [-0.1, -0.05) is 30.3 Å². The molecule has 0 fully saturated rings. The van der Waals surface area contributed by atoms with Crippen LogP contribution in [-0.2, 0) is 25.1 Å². The Balaban J connectivity index is 1.56. The predicted molar refractivity (Wildman–Crippen MR) is 108 cm³/mol. The van der Waals surface area contributed by atoms with E-state index in [1.807, 2.05) is 30.3 Å². The van der Waals surface area contributed by atoms with E-state index in [0.29, 0.717) is 11.3 Å². The van der Waals surface area contributed by atoms with Crippen LogP contribution in [0.1, 0.15) is 34.6 Å². The second-order valence-electron chi connectivity index (χ2n) is 6.82. The van der Waals surface area contributed by atoms with E-state index in [4.69, 9.17) is 9.15 Å². The molecule has 2 aromatic carbocycles. The molecule has 0 radical (unpaired) electrons. The Hall–Kier alpha value is -3.13. The first-order chi connectivity index (χ1) is 13.7. The number of para-hydroxylation sites is 1. The van der Waals surface area contributed by atoms with Gasteiger partial charge in [-0.3, -0.25) is 4.79 Å². The molecule has 0 spiro atoms. The van der Waals surface area contributed by atoms with Crippen LogP contribution in [0.15, 0.2) is 59.0 Å². The van der Waals surface area contributed by atoms with Gasteiger partial charge in [0.1, 0.15) is 11.3 Å². The zero-order valence-corrected chi connectivity index (χ0v) is 16.9. The lowest BCUT2D eigenvalue weighted by molar-refractivity contribution is -0.125. The number of hydrogen-bond donors (Lipinski definition) is 1. The molecule has 8 heteroatoms. The molecule has 0 aliphatic carbocycles. The summed E-state index contributed by atoms with van der Waals surface area (Å²) >= 11 is 0. The fourth-order valence-corrected chi connectivity index (χ4v) is 3.66. The van der Waals surface area contributed by atoms with Crippen LogP contribution >= 0.6 is 0 Å². The number of esters is 1. The van der Waals surface area contributed by atoms with Crippen molar-refractivity contribution in [3.8, 4) is 0 Å². The van der Waals surface area contributed by atoms with Gasteiger partial charge in [-0.2, -0.15) is 0 Å². The molecule has 29 heavy (non-hydrogen) atoms. The molecule has 0 unspecified atom stereocenters. The monoisotopic (exact) mass is 415 g/mol. The average molecular weight is 415 g/mol. The third-order valence-corrected chi connectivity index (χ3v) is 5.03. The molecule has 1 atom stereocenters. The Morgan fingerprint density at radius 1 is 1.10 bits per heavy atom. The zero-order valence-electron chi connectivity index (χ0n) is 16.0. The highest BCUT2D eigenvalue weighted by Gasteiger charge is 2.16. The molecule has 7 nitrogen and oxygen atoms in total. The van der Waals surface area contributed by atoms with Crippen LogP contribution in [0.25, 0.3) is 11.0 Å². The summed E-state index contributed by atoms with van der Waals surface area (Å²) in [5.74, 6) is -0.756. The Morgan fingerprint density at radius 3 is 2.59 bits per heavy atom. The van der Waals surface area contributed by atoms with Crippen LogP contribution < -0.4 is 5.32 Å². The summed E-state index contributed by atoms with van der Waals surface area (Å²) in [6, 6.07) is 15.1. The van der Waals surface area contributed by atoms with Crippen molar-refractivity contribution in [3.05, 3.63) is 71.5 Å². The summed E-state index contributed by atoms with van der Waals surface area (Å²) in [5, 5.41) is 3.65. The molecule has 0 aliphatic rings. The van der Waals surface area contributed by atoms with Crippen molar-refractivity contribution in [2.45, 2.75) is 18.7 Å². The first-order valence-corrected chi connectivity index (χ1v) is 11.0. The van der Waals surface area contributed by atoms with Gasteiger partial charge in [-0.15, -0.1) is 0 Å². The number of benzene rings is 2. The van der Waals surface area contributed by atoms with Crippen molar-refractivity contribution in [1.82, 2.24) is 5.32 Å². The van der Waals surface area contributed by atoms with E-state index in [9.17, 15) is 18.0 Å². The predicted octanol–water partition coefficient (Wildman–Crippen LogP) is 3.01. The number of ether oxygens (including phenoxy) is 1. The second-order valence-corrected chi connectivity index (χ2v) is 8.96. The van der Waals surface area contributed by atoms with Crippen LogP contribution in [0.2, 0.25) is 0 Å². The molecule has 0 aliphatic heterocycles. The van der Waals surface area contributed by atoms with Crippen LogP contribution in [0.5, 0.6) is 0 Å². The van der Waals surface area contributed by atoms with E-state index in [1.165, 1.54) is 12.1 Å². The van der Waals surface area contributed by atoms with Gasteiger partial charge in [0.15, 0.2) is 16.4 Å². The number of amides is 1. The second kappa shape index (κ2) is 8.48. The fourth-order valence-electron chi connectivity index (χ4n) is 2.88. The van der Waals surface area contributed by atoms with Gasteiger partial charge in [-0.05, 0) is 36.8 Å². The smallest absolute Gasteiger partial charge is 0.338 e. The molecule has 152 valence electrons. The first kappa shape index (κ1) is 20.6. The normalized spacial score (nSPS) is 12.5. The van der Waals surface area contributed by atoms with E-state index in [2.05, 4.69) is 5.32 Å². The number of fused-ring (bicyclic) bond motifs is 1. The van der Waals surface area contributed by atoms with Gasteiger partial charge in [0, 0.05) is 11.6 Å². The number of sulfone groups is 1. The van der Waals surface area contributed by atoms with Crippen molar-refractivity contribution in [2.75, 3.05) is 12.9 Å². The molecule has 1 aromatic heterocycles. The van der Waals surface area contributed by atoms with Crippen LogP contribution in [0.4, 0.5) is 0 Å². The molecular formula is C21H21NO6S. The summed E-state index contributed by atoms with van der Waals surface area (Å²) in [4.78, 5) is 24.3. The minimum Gasteiger partial charge on any atom is -0.459 e. The van der Waals surface area contributed by atoms with Crippen LogP contribution in [0.3, 0.4) is 0 Å². The van der Waals surface area contributed by atoms with Gasteiger partial charge < -0.3 is 14.5 Å². The van der Waals surface area contributed by atoms with Crippen LogP contribution in [0, 0.1) is 0 Å². The van der Waals surface area contributed by atoms with E-state index in [1.54, 1.807) is 19.1 Å². The van der Waals surface area contributed by atoms with E-state index < -0.39 is 34.4 Å². The van der Waals surface area contributed by atoms with Gasteiger partial charge in [0.2, 0.25) is 0 Å². The van der Waals surface area contributed by atoms with Crippen molar-refractivity contribution >= 4 is 32.7 Å². The Kier molecular flexibility index (Phi) is 6.03. The number of carbonyl (C=O) groups excluding carboxylic acids is 2. The summed E-state index contributed by atoms with van der Waals surface area (Å²) in [5.41, 5.74) is 1.39. The third kappa shape index (κ3) is 5.68. The topological polar surface area (TPSA) is 103 Å². The van der Waals surface area contributed by atoms with Gasteiger partial charge in [0.05, 0.1) is 17.4 Å². The van der Waals surface area contributed by atoms with Crippen molar-refractivity contribution < 1.29 is 27.2 Å². The largest absolute Gasteiger partial charge is 0.459 e. The quantitative estimate of drug-likeness (QED) is 0.595. The van der Waals surface area contributed by atoms with Gasteiger partial charge in [0.25, 0.3) is 5.91 Å². The van der Waals surface area contributed by atoms with Crippen molar-refractivity contribution in [1.29, 1.82) is 0 Å². The van der Waals surface area contributed by atoms with Crippen molar-refractivity contribution in [3.63, 3.8) is 0 Å². The molecule has 1 heterocycles. The van der Waals surface area contributed by atoms with E-state index in [0.717, 1.165) is 17.2 Å².